The van der Waals surface area contributed by atoms with E-state index in [9.17, 15) is 4.79 Å². The van der Waals surface area contributed by atoms with Gasteiger partial charge in [0.1, 0.15) is 11.3 Å². The molecular weight excluding hydrogens is 406 g/mol. The lowest BCUT2D eigenvalue weighted by Crippen LogP contribution is -2.48. The largest absolute Gasteiger partial charge is 0.460 e. The predicted molar refractivity (Wildman–Crippen MR) is 122 cm³/mol. The normalized spacial score (nSPS) is 14.6. The fourth-order valence-corrected chi connectivity index (χ4v) is 4.68. The van der Waals surface area contributed by atoms with Crippen LogP contribution in [0.1, 0.15) is 21.7 Å². The second-order valence-electron chi connectivity index (χ2n) is 7.74. The van der Waals surface area contributed by atoms with Gasteiger partial charge in [-0.1, -0.05) is 12.1 Å². The van der Waals surface area contributed by atoms with Crippen molar-refractivity contribution in [2.75, 3.05) is 26.2 Å². The monoisotopic (exact) mass is 427 g/mol. The lowest BCUT2D eigenvalue weighted by atomic mass is 10.1. The summed E-state index contributed by atoms with van der Waals surface area (Å²) in [6.45, 7) is 3.65. The van der Waals surface area contributed by atoms with E-state index in [2.05, 4.69) is 46.0 Å². The van der Waals surface area contributed by atoms with Gasteiger partial charge in [0.15, 0.2) is 0 Å². The Morgan fingerprint density at radius 3 is 2.68 bits per heavy atom. The summed E-state index contributed by atoms with van der Waals surface area (Å²) < 4.78 is 6.06. The van der Waals surface area contributed by atoms with Crippen molar-refractivity contribution < 1.29 is 9.21 Å². The molecule has 2 aromatic heterocycles. The number of furan rings is 1. The van der Waals surface area contributed by atoms with Gasteiger partial charge < -0.3 is 9.32 Å². The van der Waals surface area contributed by atoms with Crippen molar-refractivity contribution in [1.29, 1.82) is 5.26 Å². The SMILES string of the molecule is N#Cc1cccc(C(=O)N2CCN(Cc3cc4cc(-c5ccsc5)ccc4o3)CC2)c1. The lowest BCUT2D eigenvalue weighted by Gasteiger charge is -2.34. The predicted octanol–water partition coefficient (Wildman–Crippen LogP) is 4.99. The van der Waals surface area contributed by atoms with Crippen molar-refractivity contribution in [3.05, 3.63) is 82.2 Å². The molecule has 1 saturated heterocycles. The fourth-order valence-electron chi connectivity index (χ4n) is 4.02. The van der Waals surface area contributed by atoms with Gasteiger partial charge in [-0.25, -0.2) is 0 Å². The van der Waals surface area contributed by atoms with Gasteiger partial charge in [0.25, 0.3) is 5.91 Å². The van der Waals surface area contributed by atoms with Crippen LogP contribution >= 0.6 is 11.3 Å². The highest BCUT2D eigenvalue weighted by atomic mass is 32.1. The number of carbonyl (C=O) groups excluding carboxylic acids is 1. The van der Waals surface area contributed by atoms with Gasteiger partial charge >= 0.3 is 0 Å². The molecule has 5 nitrogen and oxygen atoms in total. The van der Waals surface area contributed by atoms with Crippen LogP contribution in [0.5, 0.6) is 0 Å². The summed E-state index contributed by atoms with van der Waals surface area (Å²) in [7, 11) is 0. The number of thiophene rings is 1. The summed E-state index contributed by atoms with van der Waals surface area (Å²) >= 11 is 1.70. The number of amides is 1. The molecule has 4 aromatic rings. The van der Waals surface area contributed by atoms with Crippen LogP contribution in [0.15, 0.2) is 69.8 Å². The molecule has 3 heterocycles. The molecule has 5 rings (SSSR count). The molecule has 0 bridgehead atoms. The summed E-state index contributed by atoms with van der Waals surface area (Å²) in [5.74, 6) is 0.931. The number of hydrogen-bond acceptors (Lipinski definition) is 5. The highest BCUT2D eigenvalue weighted by Crippen LogP contribution is 2.28. The average Bonchev–Trinajstić information content (AvgIpc) is 3.48. The molecule has 1 aliphatic rings. The van der Waals surface area contributed by atoms with Crippen molar-refractivity contribution in [3.63, 3.8) is 0 Å². The summed E-state index contributed by atoms with van der Waals surface area (Å²) in [5, 5.41) is 14.4. The standard InChI is InChI=1S/C25H21N3O2S/c26-15-18-2-1-3-20(12-18)25(29)28-9-7-27(8-10-28)16-23-14-22-13-19(4-5-24(22)30-23)21-6-11-31-17-21/h1-6,11-14,17H,7-10,16H2. The minimum absolute atomic E-state index is 0.0125. The molecule has 0 saturated carbocycles. The lowest BCUT2D eigenvalue weighted by molar-refractivity contribution is 0.0621. The third-order valence-electron chi connectivity index (χ3n) is 5.70. The molecule has 1 amide bonds. The maximum absolute atomic E-state index is 12.8. The van der Waals surface area contributed by atoms with Gasteiger partial charge in [0.2, 0.25) is 0 Å². The number of benzene rings is 2. The number of fused-ring (bicyclic) bond motifs is 1. The molecule has 0 aliphatic carbocycles. The van der Waals surface area contributed by atoms with Crippen LogP contribution in [-0.4, -0.2) is 41.9 Å². The van der Waals surface area contributed by atoms with Crippen molar-refractivity contribution in [2.45, 2.75) is 6.54 Å². The molecule has 6 heteroatoms. The van der Waals surface area contributed by atoms with E-state index in [1.54, 1.807) is 35.6 Å². The molecule has 0 N–H and O–H groups in total. The molecule has 0 radical (unpaired) electrons. The van der Waals surface area contributed by atoms with Gasteiger partial charge in [0, 0.05) is 37.1 Å². The van der Waals surface area contributed by atoms with Crippen LogP contribution in [0, 0.1) is 11.3 Å². The molecule has 31 heavy (non-hydrogen) atoms. The summed E-state index contributed by atoms with van der Waals surface area (Å²) in [6.07, 6.45) is 0. The minimum atomic E-state index is -0.0125. The third kappa shape index (κ3) is 4.11. The highest BCUT2D eigenvalue weighted by molar-refractivity contribution is 7.08. The zero-order chi connectivity index (χ0) is 21.2. The first kappa shape index (κ1) is 19.6. The second kappa shape index (κ2) is 8.38. The molecule has 154 valence electrons. The van der Waals surface area contributed by atoms with E-state index >= 15 is 0 Å². The Kier molecular flexibility index (Phi) is 5.29. The van der Waals surface area contributed by atoms with E-state index in [1.165, 1.54) is 11.1 Å². The van der Waals surface area contributed by atoms with Crippen LogP contribution in [0.25, 0.3) is 22.1 Å². The Balaban J connectivity index is 1.23. The van der Waals surface area contributed by atoms with Gasteiger partial charge in [0.05, 0.1) is 18.2 Å². The van der Waals surface area contributed by atoms with E-state index < -0.39 is 0 Å². The Bertz CT molecular complexity index is 1260. The maximum atomic E-state index is 12.8. The van der Waals surface area contributed by atoms with Crippen molar-refractivity contribution in [2.24, 2.45) is 0 Å². The van der Waals surface area contributed by atoms with Crippen molar-refractivity contribution in [3.8, 4) is 17.2 Å². The highest BCUT2D eigenvalue weighted by Gasteiger charge is 2.23. The van der Waals surface area contributed by atoms with E-state index in [4.69, 9.17) is 9.68 Å². The zero-order valence-electron chi connectivity index (χ0n) is 17.0. The van der Waals surface area contributed by atoms with Crippen LogP contribution in [0.4, 0.5) is 0 Å². The Morgan fingerprint density at radius 1 is 1.03 bits per heavy atom. The number of nitrogens with zero attached hydrogens (tertiary/aromatic N) is 3. The van der Waals surface area contributed by atoms with Crippen LogP contribution in [-0.2, 0) is 6.54 Å². The van der Waals surface area contributed by atoms with Crippen molar-refractivity contribution >= 4 is 28.2 Å². The topological polar surface area (TPSA) is 60.5 Å². The van der Waals surface area contributed by atoms with Crippen LogP contribution in [0.3, 0.4) is 0 Å². The van der Waals surface area contributed by atoms with Crippen LogP contribution in [0.2, 0.25) is 0 Å². The minimum Gasteiger partial charge on any atom is -0.460 e. The molecule has 0 atom stereocenters. The van der Waals surface area contributed by atoms with Crippen molar-refractivity contribution in [1.82, 2.24) is 9.80 Å². The number of carbonyl (C=O) groups is 1. The van der Waals surface area contributed by atoms with E-state index in [0.717, 1.165) is 36.4 Å². The molecular formula is C25H21N3O2S. The average molecular weight is 428 g/mol. The molecule has 1 fully saturated rings. The Hall–Kier alpha value is -3.40. The Morgan fingerprint density at radius 2 is 1.90 bits per heavy atom. The van der Waals surface area contributed by atoms with Gasteiger partial charge in [-0.15, -0.1) is 0 Å². The first-order valence-electron chi connectivity index (χ1n) is 10.3. The zero-order valence-corrected chi connectivity index (χ0v) is 17.8. The molecule has 0 unspecified atom stereocenters. The first-order valence-corrected chi connectivity index (χ1v) is 11.2. The second-order valence-corrected chi connectivity index (χ2v) is 8.52. The summed E-state index contributed by atoms with van der Waals surface area (Å²) in [6, 6.07) is 19.6. The van der Waals surface area contributed by atoms with Gasteiger partial charge in [-0.2, -0.15) is 16.6 Å². The number of nitriles is 1. The van der Waals surface area contributed by atoms with E-state index in [1.807, 2.05) is 11.0 Å². The number of piperazine rings is 1. The van der Waals surface area contributed by atoms with Crippen LogP contribution < -0.4 is 0 Å². The Labute approximate surface area is 184 Å². The van der Waals surface area contributed by atoms with E-state index in [-0.39, 0.29) is 5.91 Å². The van der Waals surface area contributed by atoms with Gasteiger partial charge in [-0.05, 0) is 64.4 Å². The fraction of sp³-hybridized carbons (Fsp3) is 0.200. The third-order valence-corrected chi connectivity index (χ3v) is 6.38. The van der Waals surface area contributed by atoms with E-state index in [0.29, 0.717) is 24.2 Å². The first-order chi connectivity index (χ1) is 15.2. The summed E-state index contributed by atoms with van der Waals surface area (Å²) in [5.41, 5.74) is 4.42. The molecule has 1 aliphatic heterocycles. The molecule has 0 spiro atoms. The van der Waals surface area contributed by atoms with Gasteiger partial charge in [-0.3, -0.25) is 9.69 Å². The number of rotatable bonds is 4. The smallest absolute Gasteiger partial charge is 0.253 e. The maximum Gasteiger partial charge on any atom is 0.253 e. The number of hydrogen-bond donors (Lipinski definition) is 0. The summed E-state index contributed by atoms with van der Waals surface area (Å²) in [4.78, 5) is 16.9. The molecule has 2 aromatic carbocycles. The quantitative estimate of drug-likeness (QED) is 0.460.